The highest BCUT2D eigenvalue weighted by Crippen LogP contribution is 2.26. The Labute approximate surface area is 113 Å². The van der Waals surface area contributed by atoms with Gasteiger partial charge in [0.25, 0.3) is 0 Å². The number of carbonyl (C=O) groups is 1. The summed E-state index contributed by atoms with van der Waals surface area (Å²) in [6.07, 6.45) is 1.93. The molecule has 0 fully saturated rings. The van der Waals surface area contributed by atoms with E-state index in [0.29, 0.717) is 23.6 Å². The fraction of sp³-hybridized carbons (Fsp3) is 0.273. The molecule has 0 aliphatic rings. The van der Waals surface area contributed by atoms with Gasteiger partial charge in [0.1, 0.15) is 0 Å². The molecule has 2 aromatic heterocycles. The minimum atomic E-state index is -1.15. The van der Waals surface area contributed by atoms with Crippen LogP contribution in [0.15, 0.2) is 16.7 Å². The van der Waals surface area contributed by atoms with Crippen LogP contribution in [0.1, 0.15) is 28.7 Å². The van der Waals surface area contributed by atoms with Crippen LogP contribution in [0.3, 0.4) is 0 Å². The van der Waals surface area contributed by atoms with Gasteiger partial charge < -0.3 is 9.52 Å². The van der Waals surface area contributed by atoms with Crippen molar-refractivity contribution < 1.29 is 14.3 Å². The standard InChI is InChI=1S/C11H10Cl2N2O3/c1-2-15-8(7(12)5-14-15)3-6-4-9(11(16)17)18-10(6)13/h4-5H,2-3H2,1H3,(H,16,17). The highest BCUT2D eigenvalue weighted by Gasteiger charge is 2.17. The van der Waals surface area contributed by atoms with Crippen molar-refractivity contribution in [1.29, 1.82) is 0 Å². The Balaban J connectivity index is 2.33. The summed E-state index contributed by atoms with van der Waals surface area (Å²) in [6, 6.07) is 1.40. The summed E-state index contributed by atoms with van der Waals surface area (Å²) in [5.41, 5.74) is 1.35. The molecule has 0 unspecified atom stereocenters. The van der Waals surface area contributed by atoms with Crippen molar-refractivity contribution in [2.75, 3.05) is 0 Å². The summed E-state index contributed by atoms with van der Waals surface area (Å²) in [4.78, 5) is 10.8. The van der Waals surface area contributed by atoms with E-state index in [4.69, 9.17) is 32.7 Å². The Morgan fingerprint density at radius 2 is 2.28 bits per heavy atom. The summed E-state index contributed by atoms with van der Waals surface area (Å²) in [7, 11) is 0. The summed E-state index contributed by atoms with van der Waals surface area (Å²) < 4.78 is 6.66. The van der Waals surface area contributed by atoms with Gasteiger partial charge >= 0.3 is 5.97 Å². The highest BCUT2D eigenvalue weighted by molar-refractivity contribution is 6.31. The lowest BCUT2D eigenvalue weighted by molar-refractivity contribution is 0.0662. The quantitative estimate of drug-likeness (QED) is 0.939. The number of carboxylic acids is 1. The molecule has 0 saturated carbocycles. The molecule has 0 aliphatic carbocycles. The Hall–Kier alpha value is -1.46. The van der Waals surface area contributed by atoms with Crippen molar-refractivity contribution in [3.8, 4) is 0 Å². The van der Waals surface area contributed by atoms with Crippen LogP contribution in [-0.2, 0) is 13.0 Å². The van der Waals surface area contributed by atoms with Crippen molar-refractivity contribution in [3.63, 3.8) is 0 Å². The third kappa shape index (κ3) is 2.37. The first kappa shape index (κ1) is 13.0. The van der Waals surface area contributed by atoms with Gasteiger partial charge in [-0.15, -0.1) is 0 Å². The van der Waals surface area contributed by atoms with Gasteiger partial charge in [0.05, 0.1) is 16.9 Å². The minimum absolute atomic E-state index is 0.0623. The van der Waals surface area contributed by atoms with E-state index < -0.39 is 5.97 Å². The van der Waals surface area contributed by atoms with E-state index in [2.05, 4.69) is 5.10 Å². The molecule has 0 radical (unpaired) electrons. The van der Waals surface area contributed by atoms with Crippen LogP contribution >= 0.6 is 23.2 Å². The summed E-state index contributed by atoms with van der Waals surface area (Å²) in [5, 5.41) is 13.5. The predicted octanol–water partition coefficient (Wildman–Crippen LogP) is 3.09. The zero-order valence-electron chi connectivity index (χ0n) is 9.48. The van der Waals surface area contributed by atoms with Gasteiger partial charge in [0, 0.05) is 18.5 Å². The lowest BCUT2D eigenvalue weighted by Gasteiger charge is -2.03. The van der Waals surface area contributed by atoms with E-state index in [-0.39, 0.29) is 11.0 Å². The number of hydrogen-bond donors (Lipinski definition) is 1. The van der Waals surface area contributed by atoms with Gasteiger partial charge in [0.2, 0.25) is 5.76 Å². The molecular formula is C11H10Cl2N2O3. The van der Waals surface area contributed by atoms with Gasteiger partial charge in [-0.2, -0.15) is 5.10 Å². The third-order valence-corrected chi connectivity index (χ3v) is 3.16. The van der Waals surface area contributed by atoms with Gasteiger partial charge in [0.15, 0.2) is 5.22 Å². The second kappa shape index (κ2) is 5.04. The summed E-state index contributed by atoms with van der Waals surface area (Å²) in [6.45, 7) is 2.61. The number of aromatic carboxylic acids is 1. The van der Waals surface area contributed by atoms with Crippen LogP contribution in [0.5, 0.6) is 0 Å². The van der Waals surface area contributed by atoms with Crippen molar-refractivity contribution in [2.45, 2.75) is 19.9 Å². The van der Waals surface area contributed by atoms with Gasteiger partial charge in [-0.05, 0) is 24.6 Å². The maximum absolute atomic E-state index is 10.8. The van der Waals surface area contributed by atoms with Crippen molar-refractivity contribution in [2.24, 2.45) is 0 Å². The van der Waals surface area contributed by atoms with E-state index in [1.165, 1.54) is 6.07 Å². The normalized spacial score (nSPS) is 10.8. The molecule has 1 N–H and O–H groups in total. The second-order valence-electron chi connectivity index (χ2n) is 3.65. The molecule has 0 amide bonds. The number of furan rings is 1. The average molecular weight is 289 g/mol. The maximum Gasteiger partial charge on any atom is 0.371 e. The monoisotopic (exact) mass is 288 g/mol. The van der Waals surface area contributed by atoms with Gasteiger partial charge in [-0.25, -0.2) is 4.79 Å². The fourth-order valence-electron chi connectivity index (χ4n) is 1.65. The Morgan fingerprint density at radius 3 is 2.83 bits per heavy atom. The molecule has 0 atom stereocenters. The largest absolute Gasteiger partial charge is 0.475 e. The predicted molar refractivity (Wildman–Crippen MR) is 66.4 cm³/mol. The second-order valence-corrected chi connectivity index (χ2v) is 4.40. The van der Waals surface area contributed by atoms with Crippen LogP contribution in [0, 0.1) is 0 Å². The summed E-state index contributed by atoms with van der Waals surface area (Å²) >= 11 is 11.9. The molecule has 7 heteroatoms. The van der Waals surface area contributed by atoms with Crippen LogP contribution in [0.2, 0.25) is 10.2 Å². The highest BCUT2D eigenvalue weighted by atomic mass is 35.5. The third-order valence-electron chi connectivity index (χ3n) is 2.52. The zero-order chi connectivity index (χ0) is 13.3. The molecule has 96 valence electrons. The molecule has 0 spiro atoms. The average Bonchev–Trinajstić information content (AvgIpc) is 2.85. The topological polar surface area (TPSA) is 68.3 Å². The van der Waals surface area contributed by atoms with Crippen molar-refractivity contribution in [3.05, 3.63) is 39.5 Å². The number of hydrogen-bond acceptors (Lipinski definition) is 3. The van der Waals surface area contributed by atoms with E-state index in [1.807, 2.05) is 6.92 Å². The zero-order valence-corrected chi connectivity index (χ0v) is 11.0. The first-order valence-corrected chi connectivity index (χ1v) is 6.00. The number of nitrogens with zero attached hydrogens (tertiary/aromatic N) is 2. The molecule has 2 aromatic rings. The first-order chi connectivity index (χ1) is 8.52. The number of aromatic nitrogens is 2. The molecule has 5 nitrogen and oxygen atoms in total. The number of carboxylic acid groups (broad SMARTS) is 1. The van der Waals surface area contributed by atoms with Crippen LogP contribution in [-0.4, -0.2) is 20.9 Å². The molecule has 18 heavy (non-hydrogen) atoms. The molecule has 2 rings (SSSR count). The Morgan fingerprint density at radius 1 is 1.56 bits per heavy atom. The van der Waals surface area contributed by atoms with Gasteiger partial charge in [-0.3, -0.25) is 4.68 Å². The Bertz CT molecular complexity index is 589. The smallest absolute Gasteiger partial charge is 0.371 e. The molecule has 0 saturated heterocycles. The SMILES string of the molecule is CCn1ncc(Cl)c1Cc1cc(C(=O)O)oc1Cl. The fourth-order valence-corrected chi connectivity index (χ4v) is 2.06. The van der Waals surface area contributed by atoms with E-state index >= 15 is 0 Å². The molecule has 0 aromatic carbocycles. The summed E-state index contributed by atoms with van der Waals surface area (Å²) in [5.74, 6) is -1.34. The van der Waals surface area contributed by atoms with E-state index in [1.54, 1.807) is 10.9 Å². The van der Waals surface area contributed by atoms with E-state index in [9.17, 15) is 4.79 Å². The number of aryl methyl sites for hydroxylation is 1. The number of halogens is 2. The minimum Gasteiger partial charge on any atom is -0.475 e. The van der Waals surface area contributed by atoms with Crippen molar-refractivity contribution >= 4 is 29.2 Å². The van der Waals surface area contributed by atoms with Gasteiger partial charge in [-0.1, -0.05) is 11.6 Å². The molecule has 2 heterocycles. The number of rotatable bonds is 4. The first-order valence-electron chi connectivity index (χ1n) is 5.24. The van der Waals surface area contributed by atoms with Crippen molar-refractivity contribution in [1.82, 2.24) is 9.78 Å². The molecular weight excluding hydrogens is 279 g/mol. The van der Waals surface area contributed by atoms with Crippen LogP contribution < -0.4 is 0 Å². The Kier molecular flexibility index (Phi) is 3.63. The molecule has 0 aliphatic heterocycles. The van der Waals surface area contributed by atoms with Crippen LogP contribution in [0.25, 0.3) is 0 Å². The molecule has 0 bridgehead atoms. The maximum atomic E-state index is 10.8. The van der Waals surface area contributed by atoms with Crippen LogP contribution in [0.4, 0.5) is 0 Å². The lowest BCUT2D eigenvalue weighted by atomic mass is 10.2. The lowest BCUT2D eigenvalue weighted by Crippen LogP contribution is -2.03. The van der Waals surface area contributed by atoms with E-state index in [0.717, 1.165) is 5.69 Å².